The molecule has 0 fully saturated rings. The van der Waals surface area contributed by atoms with Crippen molar-refractivity contribution in [2.75, 3.05) is 5.32 Å². The molecule has 6 nitrogen and oxygen atoms in total. The standard InChI is InChI=1S/C15H11F2N3O3/c1-7(21)9-4-10(16)11(17)5-13(9)20-15(23)8-2-3-12(14(18)22)19-6-8/h2-6,21H,1H2,(H2,18,22)(H,20,23). The van der Waals surface area contributed by atoms with Gasteiger partial charge in [-0.3, -0.25) is 14.6 Å². The van der Waals surface area contributed by atoms with Crippen LogP contribution in [0.5, 0.6) is 0 Å². The fourth-order valence-electron chi connectivity index (χ4n) is 1.76. The van der Waals surface area contributed by atoms with Gasteiger partial charge < -0.3 is 16.2 Å². The van der Waals surface area contributed by atoms with Gasteiger partial charge in [-0.05, 0) is 18.2 Å². The van der Waals surface area contributed by atoms with Crippen LogP contribution in [0.15, 0.2) is 37.0 Å². The third-order valence-corrected chi connectivity index (χ3v) is 2.90. The molecule has 0 aliphatic heterocycles. The fourth-order valence-corrected chi connectivity index (χ4v) is 1.76. The number of nitrogens with two attached hydrogens (primary N) is 1. The summed E-state index contributed by atoms with van der Waals surface area (Å²) in [6, 6.07) is 3.96. The first-order valence-electron chi connectivity index (χ1n) is 6.24. The number of benzene rings is 1. The van der Waals surface area contributed by atoms with Gasteiger partial charge in [-0.25, -0.2) is 8.78 Å². The largest absolute Gasteiger partial charge is 0.508 e. The Morgan fingerprint density at radius 3 is 2.39 bits per heavy atom. The van der Waals surface area contributed by atoms with E-state index in [1.54, 1.807) is 0 Å². The minimum Gasteiger partial charge on any atom is -0.508 e. The van der Waals surface area contributed by atoms with Crippen molar-refractivity contribution in [1.29, 1.82) is 0 Å². The van der Waals surface area contributed by atoms with E-state index in [9.17, 15) is 23.5 Å². The Morgan fingerprint density at radius 2 is 1.87 bits per heavy atom. The molecule has 4 N–H and O–H groups in total. The van der Waals surface area contributed by atoms with Gasteiger partial charge in [0.2, 0.25) is 0 Å². The molecule has 0 aliphatic carbocycles. The molecule has 1 heterocycles. The number of rotatable bonds is 4. The molecule has 0 unspecified atom stereocenters. The number of carbonyl (C=O) groups excluding carboxylic acids is 2. The number of primary amides is 1. The van der Waals surface area contributed by atoms with Gasteiger partial charge in [-0.2, -0.15) is 0 Å². The van der Waals surface area contributed by atoms with Crippen molar-refractivity contribution in [3.05, 3.63) is 65.5 Å². The molecule has 1 aromatic heterocycles. The van der Waals surface area contributed by atoms with Gasteiger partial charge in [-0.1, -0.05) is 6.58 Å². The molecule has 1 aromatic carbocycles. The molecule has 0 saturated carbocycles. The first kappa shape index (κ1) is 16.1. The van der Waals surface area contributed by atoms with Crippen LogP contribution >= 0.6 is 0 Å². The summed E-state index contributed by atoms with van der Waals surface area (Å²) in [6.07, 6.45) is 1.10. The summed E-state index contributed by atoms with van der Waals surface area (Å²) in [5.74, 6) is -4.40. The highest BCUT2D eigenvalue weighted by atomic mass is 19.2. The normalized spacial score (nSPS) is 10.2. The quantitative estimate of drug-likeness (QED) is 0.751. The number of pyridine rings is 1. The number of aliphatic hydroxyl groups is 1. The minimum atomic E-state index is -1.20. The number of aliphatic hydroxyl groups excluding tert-OH is 1. The summed E-state index contributed by atoms with van der Waals surface area (Å²) in [6.45, 7) is 3.22. The van der Waals surface area contributed by atoms with Crippen LogP contribution in [-0.2, 0) is 0 Å². The highest BCUT2D eigenvalue weighted by Gasteiger charge is 2.15. The molecule has 8 heteroatoms. The molecule has 0 atom stereocenters. The maximum Gasteiger partial charge on any atom is 0.267 e. The second kappa shape index (κ2) is 6.22. The Hall–Kier alpha value is -3.29. The number of halogens is 2. The molecule has 2 rings (SSSR count). The number of amides is 2. The Bertz CT molecular complexity index is 804. The summed E-state index contributed by atoms with van der Waals surface area (Å²) in [4.78, 5) is 26.7. The van der Waals surface area contributed by atoms with Crippen molar-refractivity contribution in [2.45, 2.75) is 0 Å². The summed E-state index contributed by atoms with van der Waals surface area (Å²) in [5, 5.41) is 11.7. The van der Waals surface area contributed by atoms with Crippen LogP contribution in [0.3, 0.4) is 0 Å². The lowest BCUT2D eigenvalue weighted by Crippen LogP contribution is -2.16. The molecular weight excluding hydrogens is 308 g/mol. The monoisotopic (exact) mass is 319 g/mol. The van der Waals surface area contributed by atoms with Crippen molar-refractivity contribution in [3.63, 3.8) is 0 Å². The molecule has 0 saturated heterocycles. The first-order chi connectivity index (χ1) is 10.8. The number of anilines is 1. The van der Waals surface area contributed by atoms with Crippen LogP contribution in [0.2, 0.25) is 0 Å². The molecule has 118 valence electrons. The number of hydrogen-bond acceptors (Lipinski definition) is 4. The maximum absolute atomic E-state index is 13.3. The van der Waals surface area contributed by atoms with Gasteiger partial charge in [0.05, 0.1) is 11.3 Å². The van der Waals surface area contributed by atoms with E-state index in [1.165, 1.54) is 12.1 Å². The summed E-state index contributed by atoms with van der Waals surface area (Å²) < 4.78 is 26.5. The zero-order chi connectivity index (χ0) is 17.1. The molecule has 2 aromatic rings. The molecule has 0 radical (unpaired) electrons. The van der Waals surface area contributed by atoms with E-state index in [4.69, 9.17) is 5.73 Å². The molecule has 0 spiro atoms. The lowest BCUT2D eigenvalue weighted by atomic mass is 10.1. The van der Waals surface area contributed by atoms with E-state index in [1.807, 2.05) is 0 Å². The SMILES string of the molecule is C=C(O)c1cc(F)c(F)cc1NC(=O)c1ccc(C(N)=O)nc1. The van der Waals surface area contributed by atoms with Crippen molar-refractivity contribution in [1.82, 2.24) is 4.98 Å². The smallest absolute Gasteiger partial charge is 0.267 e. The fraction of sp³-hybridized carbons (Fsp3) is 0. The maximum atomic E-state index is 13.3. The van der Waals surface area contributed by atoms with E-state index >= 15 is 0 Å². The molecule has 0 aliphatic rings. The van der Waals surface area contributed by atoms with Crippen LogP contribution < -0.4 is 11.1 Å². The van der Waals surface area contributed by atoms with E-state index < -0.39 is 29.2 Å². The third kappa shape index (κ3) is 3.49. The lowest BCUT2D eigenvalue weighted by Gasteiger charge is -2.11. The number of nitrogens with zero attached hydrogens (tertiary/aromatic N) is 1. The Kier molecular flexibility index (Phi) is 4.35. The van der Waals surface area contributed by atoms with E-state index in [-0.39, 0.29) is 22.5 Å². The average molecular weight is 319 g/mol. The van der Waals surface area contributed by atoms with Gasteiger partial charge in [-0.15, -0.1) is 0 Å². The molecule has 2 amide bonds. The second-order valence-corrected chi connectivity index (χ2v) is 4.51. The van der Waals surface area contributed by atoms with Gasteiger partial charge in [0, 0.05) is 17.8 Å². The van der Waals surface area contributed by atoms with Crippen LogP contribution in [0, 0.1) is 11.6 Å². The molecule has 23 heavy (non-hydrogen) atoms. The number of nitrogens with one attached hydrogen (secondary N) is 1. The van der Waals surface area contributed by atoms with Crippen molar-refractivity contribution < 1.29 is 23.5 Å². The van der Waals surface area contributed by atoms with E-state index in [0.29, 0.717) is 6.07 Å². The lowest BCUT2D eigenvalue weighted by molar-refractivity contribution is 0.0990. The zero-order valence-corrected chi connectivity index (χ0v) is 11.6. The van der Waals surface area contributed by atoms with Crippen molar-refractivity contribution in [2.24, 2.45) is 5.73 Å². The van der Waals surface area contributed by atoms with Gasteiger partial charge in [0.25, 0.3) is 11.8 Å². The van der Waals surface area contributed by atoms with Crippen LogP contribution in [0.25, 0.3) is 5.76 Å². The number of carbonyl (C=O) groups is 2. The predicted molar refractivity (Wildman–Crippen MR) is 78.7 cm³/mol. The second-order valence-electron chi connectivity index (χ2n) is 4.51. The summed E-state index contributed by atoms with van der Waals surface area (Å²) in [7, 11) is 0. The molecule has 0 bridgehead atoms. The number of aromatic nitrogens is 1. The van der Waals surface area contributed by atoms with Gasteiger partial charge in [0.15, 0.2) is 11.6 Å². The van der Waals surface area contributed by atoms with Crippen molar-refractivity contribution >= 4 is 23.3 Å². The predicted octanol–water partition coefficient (Wildman–Crippen LogP) is 2.24. The van der Waals surface area contributed by atoms with Crippen LogP contribution in [0.4, 0.5) is 14.5 Å². The van der Waals surface area contributed by atoms with Gasteiger partial charge in [0.1, 0.15) is 11.5 Å². The average Bonchev–Trinajstić information content (AvgIpc) is 2.50. The Balaban J connectivity index is 2.31. The highest BCUT2D eigenvalue weighted by molar-refractivity contribution is 6.05. The molecular formula is C15H11F2N3O3. The zero-order valence-electron chi connectivity index (χ0n) is 11.6. The van der Waals surface area contributed by atoms with Crippen molar-refractivity contribution in [3.8, 4) is 0 Å². The Labute approximate surface area is 129 Å². The van der Waals surface area contributed by atoms with Gasteiger partial charge >= 0.3 is 0 Å². The topological polar surface area (TPSA) is 105 Å². The third-order valence-electron chi connectivity index (χ3n) is 2.90. The summed E-state index contributed by atoms with van der Waals surface area (Å²) >= 11 is 0. The Morgan fingerprint density at radius 1 is 1.22 bits per heavy atom. The van der Waals surface area contributed by atoms with Crippen LogP contribution in [-0.4, -0.2) is 21.9 Å². The van der Waals surface area contributed by atoms with E-state index in [2.05, 4.69) is 16.9 Å². The summed E-state index contributed by atoms with van der Waals surface area (Å²) in [5.41, 5.74) is 4.72. The minimum absolute atomic E-state index is 0.0289. The first-order valence-corrected chi connectivity index (χ1v) is 6.24. The van der Waals surface area contributed by atoms with E-state index in [0.717, 1.165) is 12.3 Å². The highest BCUT2D eigenvalue weighted by Crippen LogP contribution is 2.25. The van der Waals surface area contributed by atoms with Crippen LogP contribution in [0.1, 0.15) is 26.4 Å². The number of hydrogen-bond donors (Lipinski definition) is 3.